The molecule has 23 heteroatoms. The average Bonchev–Trinajstić information content (AvgIpc) is 0.782. The molecule has 1 aromatic rings. The molecule has 0 radical (unpaired) electrons. The Morgan fingerprint density at radius 2 is 1.31 bits per heavy atom. The molecule has 0 aliphatic carbocycles. The first-order valence-electron chi connectivity index (χ1n) is 32.5. The Morgan fingerprint density at radius 3 is 1.95 bits per heavy atom. The van der Waals surface area contributed by atoms with E-state index in [9.17, 15) is 39.6 Å². The quantitative estimate of drug-likeness (QED) is 0.0446. The van der Waals surface area contributed by atoms with E-state index in [0.717, 1.165) is 24.8 Å². The Hall–Kier alpha value is -5.06. The molecule has 1 amide bonds. The average molecular weight is 1340 g/mol. The zero-order chi connectivity index (χ0) is 67.5. The number of nitrogens with one attached hydrogen (secondary N) is 1. The summed E-state index contributed by atoms with van der Waals surface area (Å²) >= 11 is 0. The van der Waals surface area contributed by atoms with Crippen molar-refractivity contribution in [1.82, 2.24) is 5.32 Å². The standard InChI is InChI=1S/C70H101NO20P2/c1-11-14-28-48-30-32-49(33-31-48)64(77)90-63-60(71-67(79)82-37-13-3)62(76)47(7)84-66(63)85-50-29-26-24-22-20-18-16-15-17-19-21-23-25-27-44(4)61(75)45(5)46(6)83-58(74)41-52-38-51(86-68(87-52)92-9)34-35-54(72)56-40-53(88-69(89-56)93-10)42-70(80-8)43-55(73)59(57(39-50)91-70)65(78)81-36-12-2/h12-13,15-27,29-33,44-47,50-57,59-63,66,68-69,72-73,75-76,92-93H,2-3,11,14,28,34-43H2,1,4-10H3,(H,71,79)/b16-15+,19-17+,20-18+,23-21+,24-22+,27-25+,29-26+/t44-,45-,46-,47+,50-,51+,52+,53-,54+,55-,56+,57-,59+,60-,61+,62+,63-,66-,68?,69?,70+/m0/s1. The normalized spacial score (nSPS) is 38.0. The summed E-state index contributed by atoms with van der Waals surface area (Å²) < 4.78 is 74.9. The number of benzene rings is 1. The van der Waals surface area contributed by atoms with E-state index in [0.29, 0.717) is 12.8 Å². The van der Waals surface area contributed by atoms with E-state index in [-0.39, 0.29) is 92.4 Å². The fourth-order valence-corrected chi connectivity index (χ4v) is 13.0. The molecule has 5 aliphatic heterocycles. The van der Waals surface area contributed by atoms with Crippen molar-refractivity contribution in [2.45, 2.75) is 215 Å². The van der Waals surface area contributed by atoms with E-state index in [1.807, 2.05) is 94.0 Å². The number of unbranched alkanes of at least 4 members (excludes halogenated alkanes) is 1. The van der Waals surface area contributed by atoms with Gasteiger partial charge in [0.25, 0.3) is 0 Å². The molecule has 21 nitrogen and oxygen atoms in total. The van der Waals surface area contributed by atoms with Crippen molar-refractivity contribution in [2.24, 2.45) is 17.8 Å². The second-order valence-electron chi connectivity index (χ2n) is 24.1. The lowest BCUT2D eigenvalue weighted by molar-refractivity contribution is -0.326. The number of allylic oxidation sites excluding steroid dienone is 12. The van der Waals surface area contributed by atoms with E-state index >= 15 is 0 Å². The van der Waals surface area contributed by atoms with Crippen LogP contribution in [0.1, 0.15) is 115 Å². The zero-order valence-corrected chi connectivity index (χ0v) is 57.0. The summed E-state index contributed by atoms with van der Waals surface area (Å²) in [4.78, 5) is 55.2. The van der Waals surface area contributed by atoms with Gasteiger partial charge in [-0.05, 0) is 70.6 Å². The summed E-state index contributed by atoms with van der Waals surface area (Å²) in [6.45, 7) is 20.1. The van der Waals surface area contributed by atoms with Gasteiger partial charge in [-0.3, -0.25) is 9.59 Å². The van der Waals surface area contributed by atoms with Gasteiger partial charge in [0.05, 0.1) is 73.0 Å². The van der Waals surface area contributed by atoms with Crippen LogP contribution in [-0.4, -0.2) is 188 Å². The van der Waals surface area contributed by atoms with Crippen LogP contribution in [0.3, 0.4) is 0 Å². The van der Waals surface area contributed by atoms with Gasteiger partial charge in [-0.2, -0.15) is 0 Å². The van der Waals surface area contributed by atoms with E-state index < -0.39 is 133 Å². The number of amides is 1. The Balaban J connectivity index is 1.37. The number of carbonyl (C=O) groups is 4. The second kappa shape index (κ2) is 39.8. The highest BCUT2D eigenvalue weighted by Gasteiger charge is 2.54. The minimum absolute atomic E-state index is 0.0108. The number of fused-ring (bicyclic) bond motifs is 6. The summed E-state index contributed by atoms with van der Waals surface area (Å²) in [6.07, 6.45) is 16.9. The minimum atomic E-state index is -1.62. The molecule has 5 N–H and O–H groups in total. The van der Waals surface area contributed by atoms with Gasteiger partial charge in [-0.1, -0.05) is 167 Å². The van der Waals surface area contributed by atoms with Gasteiger partial charge in [0.15, 0.2) is 30.2 Å². The monoisotopic (exact) mass is 1340 g/mol. The van der Waals surface area contributed by atoms with Crippen molar-refractivity contribution in [3.63, 3.8) is 0 Å². The lowest BCUT2D eigenvalue weighted by Crippen LogP contribution is -2.65. The molecule has 93 heavy (non-hydrogen) atoms. The molecular weight excluding hydrogens is 1240 g/mol. The lowest BCUT2D eigenvalue weighted by atomic mass is 9.82. The number of ether oxygens (including phenoxy) is 12. The first kappa shape index (κ1) is 77.0. The molecule has 0 aromatic heterocycles. The maximum atomic E-state index is 14.2. The molecule has 5 aliphatic rings. The summed E-state index contributed by atoms with van der Waals surface area (Å²) in [6, 6.07) is 4.32. The topological polar surface area (TPSA) is 272 Å². The van der Waals surface area contributed by atoms with Gasteiger partial charge in [0, 0.05) is 51.0 Å². The molecule has 23 atom stereocenters. The number of alkyl carbamates (subject to hydrolysis) is 1. The van der Waals surface area contributed by atoms with Gasteiger partial charge in [0.1, 0.15) is 37.4 Å². The van der Waals surface area contributed by atoms with Crippen LogP contribution in [0.2, 0.25) is 0 Å². The Kier molecular flexibility index (Phi) is 33.0. The summed E-state index contributed by atoms with van der Waals surface area (Å²) in [5, 5.41) is 49.9. The number of rotatable bonds is 16. The van der Waals surface area contributed by atoms with Gasteiger partial charge >= 0.3 is 24.0 Å². The van der Waals surface area contributed by atoms with Crippen molar-refractivity contribution in [3.8, 4) is 0 Å². The molecule has 1 aromatic carbocycles. The second-order valence-corrected chi connectivity index (χ2v) is 26.2. The van der Waals surface area contributed by atoms with E-state index in [2.05, 4.69) is 25.4 Å². The van der Waals surface area contributed by atoms with Gasteiger partial charge in [-0.15, -0.1) is 0 Å². The molecule has 4 fully saturated rings. The van der Waals surface area contributed by atoms with Crippen molar-refractivity contribution in [1.29, 1.82) is 0 Å². The van der Waals surface area contributed by atoms with Crippen LogP contribution < -0.4 is 5.32 Å². The predicted molar refractivity (Wildman–Crippen MR) is 356 cm³/mol. The van der Waals surface area contributed by atoms with Crippen LogP contribution in [0, 0.1) is 17.8 Å². The molecule has 0 saturated carbocycles. The first-order chi connectivity index (χ1) is 44.7. The third-order valence-corrected chi connectivity index (χ3v) is 18.6. The Labute approximate surface area is 552 Å². The van der Waals surface area contributed by atoms with E-state index in [1.54, 1.807) is 56.4 Å². The number of aryl methyl sites for hydroxylation is 1. The van der Waals surface area contributed by atoms with Gasteiger partial charge < -0.3 is 82.6 Å². The highest BCUT2D eigenvalue weighted by Crippen LogP contribution is 2.43. The van der Waals surface area contributed by atoms with Gasteiger partial charge in [0.2, 0.25) is 0 Å². The van der Waals surface area contributed by atoms with Crippen molar-refractivity contribution < 1.29 is 96.4 Å². The molecule has 516 valence electrons. The highest BCUT2D eigenvalue weighted by atomic mass is 31.1. The molecule has 6 rings (SSSR count). The molecule has 4 unspecified atom stereocenters. The highest BCUT2D eigenvalue weighted by molar-refractivity contribution is 7.37. The maximum Gasteiger partial charge on any atom is 0.407 e. The number of hydrogen-bond acceptors (Lipinski definition) is 20. The third kappa shape index (κ3) is 24.2. The number of esters is 3. The molecule has 5 heterocycles. The van der Waals surface area contributed by atoms with Gasteiger partial charge in [-0.25, -0.2) is 9.59 Å². The lowest BCUT2D eigenvalue weighted by Gasteiger charge is -2.48. The summed E-state index contributed by atoms with van der Waals surface area (Å²) in [5.74, 6) is -5.60. The van der Waals surface area contributed by atoms with Crippen LogP contribution in [-0.2, 0) is 72.9 Å². The smallest absolute Gasteiger partial charge is 0.407 e. The van der Waals surface area contributed by atoms with Crippen LogP contribution in [0.25, 0.3) is 0 Å². The SMILES string of the molecule is C=CCOC(=O)N[C@H]1[C@H](O)[C@@H](C)O[C@@H](O[C@H]2/C=C/C=C/C=C/C=C/C=C/C=C/C=C/[C@H](C)[C@@H](O)[C@@H](C)[C@H](C)OC(=O)C[C@H]3C[C@@H](CC[C@@H](O)[C@H]4C[C@@H](C[C@]5(OC)C[C@H](O)[C@@H](C(=O)OCC=C)[C@H](C2)O5)OC(PC)O4)OC(PC)O3)[C@H]1OC(=O)c1ccc(CCCC)cc1. The summed E-state index contributed by atoms with van der Waals surface area (Å²) in [7, 11) is 1.82. The number of aliphatic hydroxyl groups excluding tert-OH is 4. The predicted octanol–water partition coefficient (Wildman–Crippen LogP) is 9.48. The molecule has 0 spiro atoms. The number of carbonyl (C=O) groups excluding carboxylic acids is 4. The van der Waals surface area contributed by atoms with E-state index in [4.69, 9.17) is 56.8 Å². The molecule has 6 bridgehead atoms. The fraction of sp³-hybridized carbons (Fsp3) is 0.600. The molecular formula is C70H101NO20P2. The van der Waals surface area contributed by atoms with Crippen molar-refractivity contribution >= 4 is 41.2 Å². The van der Waals surface area contributed by atoms with Crippen LogP contribution in [0.4, 0.5) is 4.79 Å². The Morgan fingerprint density at radius 1 is 0.699 bits per heavy atom. The third-order valence-electron chi connectivity index (χ3n) is 17.1. The summed E-state index contributed by atoms with van der Waals surface area (Å²) in [5.41, 5.74) is 1.21. The molecule has 4 saturated heterocycles. The number of methoxy groups -OCH3 is 1. The Bertz CT molecular complexity index is 2720. The van der Waals surface area contributed by atoms with Crippen LogP contribution in [0.15, 0.2) is 135 Å². The minimum Gasteiger partial charge on any atom is -0.462 e. The number of hydrogen-bond donors (Lipinski definition) is 5. The first-order valence-corrected chi connectivity index (χ1v) is 35.6. The zero-order valence-electron chi connectivity index (χ0n) is 55.0. The van der Waals surface area contributed by atoms with Crippen molar-refractivity contribution in [3.05, 3.63) is 146 Å². The van der Waals surface area contributed by atoms with Crippen LogP contribution in [0.5, 0.6) is 0 Å². The van der Waals surface area contributed by atoms with Crippen LogP contribution >= 0.6 is 17.2 Å². The van der Waals surface area contributed by atoms with E-state index in [1.165, 1.54) is 19.3 Å². The number of cyclic esters (lactones) is 1. The number of aliphatic hydroxyl groups is 4. The van der Waals surface area contributed by atoms with Crippen molar-refractivity contribution in [2.75, 3.05) is 33.7 Å². The fourth-order valence-electron chi connectivity index (χ4n) is 11.7. The maximum absolute atomic E-state index is 14.2. The largest absolute Gasteiger partial charge is 0.462 e.